The number of rotatable bonds is 6. The molecule has 0 spiro atoms. The molecule has 1 aromatic heterocycles. The summed E-state index contributed by atoms with van der Waals surface area (Å²) in [7, 11) is 0. The summed E-state index contributed by atoms with van der Waals surface area (Å²) in [6, 6.07) is 0. The lowest BCUT2D eigenvalue weighted by atomic mass is 10.2. The molecule has 1 aliphatic rings. The first kappa shape index (κ1) is 15.3. The van der Waals surface area contributed by atoms with E-state index in [9.17, 15) is 4.79 Å². The SMILES string of the molecule is CC(C)Cn1ncc(NCCN2CCCC2)c(Cl)c1=O. The third kappa shape index (κ3) is 3.96. The summed E-state index contributed by atoms with van der Waals surface area (Å²) in [6.07, 6.45) is 4.22. The number of hydrogen-bond donors (Lipinski definition) is 1. The van der Waals surface area contributed by atoms with Crippen molar-refractivity contribution in [2.24, 2.45) is 5.92 Å². The summed E-state index contributed by atoms with van der Waals surface area (Å²) in [6.45, 7) is 8.79. The first-order valence-corrected chi connectivity index (χ1v) is 7.67. The molecule has 1 fully saturated rings. The highest BCUT2D eigenvalue weighted by atomic mass is 35.5. The number of aromatic nitrogens is 2. The molecule has 0 unspecified atom stereocenters. The van der Waals surface area contributed by atoms with Gasteiger partial charge in [0, 0.05) is 19.6 Å². The maximum Gasteiger partial charge on any atom is 0.287 e. The van der Waals surface area contributed by atoms with Crippen molar-refractivity contribution >= 4 is 17.3 Å². The average molecular weight is 299 g/mol. The van der Waals surface area contributed by atoms with Gasteiger partial charge in [-0.15, -0.1) is 0 Å². The Morgan fingerprint density at radius 3 is 2.75 bits per heavy atom. The summed E-state index contributed by atoms with van der Waals surface area (Å²) in [5.41, 5.74) is 0.419. The maximum atomic E-state index is 12.1. The molecule has 0 radical (unpaired) electrons. The standard InChI is InChI=1S/C14H23ClN4O/c1-11(2)10-19-14(20)13(15)12(9-17-19)16-5-8-18-6-3-4-7-18/h9,11,16H,3-8,10H2,1-2H3. The molecule has 0 aliphatic carbocycles. The first-order chi connectivity index (χ1) is 9.58. The van der Waals surface area contributed by atoms with Crippen LogP contribution in [0.5, 0.6) is 0 Å². The lowest BCUT2D eigenvalue weighted by Crippen LogP contribution is -2.28. The first-order valence-electron chi connectivity index (χ1n) is 7.30. The molecule has 1 aromatic rings. The lowest BCUT2D eigenvalue weighted by Gasteiger charge is -2.16. The summed E-state index contributed by atoms with van der Waals surface area (Å²) in [5, 5.41) is 7.62. The molecule has 2 rings (SSSR count). The Balaban J connectivity index is 1.94. The van der Waals surface area contributed by atoms with Gasteiger partial charge in [0.15, 0.2) is 0 Å². The van der Waals surface area contributed by atoms with Gasteiger partial charge in [-0.2, -0.15) is 5.10 Å². The van der Waals surface area contributed by atoms with Crippen LogP contribution in [-0.2, 0) is 6.54 Å². The molecule has 0 amide bonds. The molecule has 0 atom stereocenters. The van der Waals surface area contributed by atoms with Crippen LogP contribution < -0.4 is 10.9 Å². The van der Waals surface area contributed by atoms with Crippen molar-refractivity contribution in [2.75, 3.05) is 31.5 Å². The van der Waals surface area contributed by atoms with Crippen LogP contribution in [0, 0.1) is 5.92 Å². The number of likely N-dealkylation sites (tertiary alicyclic amines) is 1. The monoisotopic (exact) mass is 298 g/mol. The van der Waals surface area contributed by atoms with E-state index >= 15 is 0 Å². The van der Waals surface area contributed by atoms with Crippen LogP contribution in [0.1, 0.15) is 26.7 Å². The predicted octanol–water partition coefficient (Wildman–Crippen LogP) is 2.06. The van der Waals surface area contributed by atoms with E-state index in [0.29, 0.717) is 18.2 Å². The van der Waals surface area contributed by atoms with Crippen molar-refractivity contribution in [3.63, 3.8) is 0 Å². The van der Waals surface area contributed by atoms with Crippen LogP contribution in [0.15, 0.2) is 11.0 Å². The quantitative estimate of drug-likeness (QED) is 0.873. The fraction of sp³-hybridized carbons (Fsp3) is 0.714. The Bertz CT molecular complexity index is 494. The van der Waals surface area contributed by atoms with Gasteiger partial charge in [-0.05, 0) is 31.8 Å². The van der Waals surface area contributed by atoms with Crippen molar-refractivity contribution in [2.45, 2.75) is 33.2 Å². The third-order valence-electron chi connectivity index (χ3n) is 3.47. The van der Waals surface area contributed by atoms with E-state index in [0.717, 1.165) is 13.1 Å². The molecule has 0 bridgehead atoms. The number of anilines is 1. The van der Waals surface area contributed by atoms with Crippen LogP contribution in [0.4, 0.5) is 5.69 Å². The van der Waals surface area contributed by atoms with Crippen molar-refractivity contribution in [1.82, 2.24) is 14.7 Å². The minimum atomic E-state index is -0.216. The van der Waals surface area contributed by atoms with Crippen LogP contribution in [0.25, 0.3) is 0 Å². The molecular weight excluding hydrogens is 276 g/mol. The summed E-state index contributed by atoms with van der Waals surface area (Å²) >= 11 is 6.13. The van der Waals surface area contributed by atoms with Crippen LogP contribution in [0.2, 0.25) is 5.02 Å². The Kier molecular flexibility index (Phi) is 5.43. The number of nitrogens with zero attached hydrogens (tertiary/aromatic N) is 3. The maximum absolute atomic E-state index is 12.1. The van der Waals surface area contributed by atoms with Gasteiger partial charge in [0.1, 0.15) is 5.02 Å². The number of nitrogens with one attached hydrogen (secondary N) is 1. The molecule has 1 aliphatic heterocycles. The molecule has 112 valence electrons. The fourth-order valence-corrected chi connectivity index (χ4v) is 2.63. The van der Waals surface area contributed by atoms with Crippen molar-refractivity contribution in [1.29, 1.82) is 0 Å². The largest absolute Gasteiger partial charge is 0.381 e. The second-order valence-electron chi connectivity index (χ2n) is 5.73. The van der Waals surface area contributed by atoms with Gasteiger partial charge in [0.25, 0.3) is 5.56 Å². The third-order valence-corrected chi connectivity index (χ3v) is 3.83. The zero-order valence-electron chi connectivity index (χ0n) is 12.2. The average Bonchev–Trinajstić information content (AvgIpc) is 2.90. The van der Waals surface area contributed by atoms with E-state index in [2.05, 4.69) is 15.3 Å². The van der Waals surface area contributed by atoms with Gasteiger partial charge in [-0.1, -0.05) is 25.4 Å². The van der Waals surface area contributed by atoms with E-state index < -0.39 is 0 Å². The Morgan fingerprint density at radius 1 is 1.40 bits per heavy atom. The smallest absolute Gasteiger partial charge is 0.287 e. The summed E-state index contributed by atoms with van der Waals surface area (Å²) in [5.74, 6) is 0.366. The lowest BCUT2D eigenvalue weighted by molar-refractivity contribution is 0.352. The van der Waals surface area contributed by atoms with Gasteiger partial charge in [0.05, 0.1) is 11.9 Å². The van der Waals surface area contributed by atoms with E-state index in [1.807, 2.05) is 13.8 Å². The molecule has 6 heteroatoms. The minimum Gasteiger partial charge on any atom is -0.381 e. The van der Waals surface area contributed by atoms with E-state index in [-0.39, 0.29) is 10.6 Å². The number of hydrogen-bond acceptors (Lipinski definition) is 4. The molecule has 0 aromatic carbocycles. The second-order valence-corrected chi connectivity index (χ2v) is 6.11. The van der Waals surface area contributed by atoms with Gasteiger partial charge in [-0.3, -0.25) is 4.79 Å². The van der Waals surface area contributed by atoms with Crippen LogP contribution in [0.3, 0.4) is 0 Å². The second kappa shape index (κ2) is 7.09. The van der Waals surface area contributed by atoms with Crippen molar-refractivity contribution in [3.8, 4) is 0 Å². The molecule has 0 saturated carbocycles. The molecule has 20 heavy (non-hydrogen) atoms. The molecule has 2 heterocycles. The molecule has 1 saturated heterocycles. The highest BCUT2D eigenvalue weighted by Gasteiger charge is 2.12. The number of halogens is 1. The van der Waals surface area contributed by atoms with Gasteiger partial charge < -0.3 is 10.2 Å². The highest BCUT2D eigenvalue weighted by molar-refractivity contribution is 6.32. The van der Waals surface area contributed by atoms with E-state index in [1.54, 1.807) is 6.20 Å². The molecule has 5 nitrogen and oxygen atoms in total. The zero-order valence-corrected chi connectivity index (χ0v) is 13.0. The van der Waals surface area contributed by atoms with E-state index in [1.165, 1.54) is 30.6 Å². The topological polar surface area (TPSA) is 50.2 Å². The predicted molar refractivity (Wildman–Crippen MR) is 82.5 cm³/mol. The molecular formula is C14H23ClN4O. The van der Waals surface area contributed by atoms with E-state index in [4.69, 9.17) is 11.6 Å². The normalized spacial score (nSPS) is 16.0. The summed E-state index contributed by atoms with van der Waals surface area (Å²) < 4.78 is 1.43. The van der Waals surface area contributed by atoms with Gasteiger partial charge in [0.2, 0.25) is 0 Å². The zero-order chi connectivity index (χ0) is 14.5. The van der Waals surface area contributed by atoms with Crippen molar-refractivity contribution < 1.29 is 0 Å². The highest BCUT2D eigenvalue weighted by Crippen LogP contribution is 2.15. The minimum absolute atomic E-state index is 0.216. The summed E-state index contributed by atoms with van der Waals surface area (Å²) in [4.78, 5) is 14.5. The molecule has 1 N–H and O–H groups in total. The fourth-order valence-electron chi connectivity index (χ4n) is 2.42. The van der Waals surface area contributed by atoms with Crippen LogP contribution in [-0.4, -0.2) is 40.9 Å². The Labute approximate surface area is 124 Å². The van der Waals surface area contributed by atoms with Gasteiger partial charge >= 0.3 is 0 Å². The Morgan fingerprint density at radius 2 is 2.10 bits per heavy atom. The van der Waals surface area contributed by atoms with Gasteiger partial charge in [-0.25, -0.2) is 4.68 Å². The van der Waals surface area contributed by atoms with Crippen LogP contribution >= 0.6 is 11.6 Å². The Hall–Kier alpha value is -1.07. The van der Waals surface area contributed by atoms with Crippen molar-refractivity contribution in [3.05, 3.63) is 21.6 Å².